The van der Waals surface area contributed by atoms with Crippen LogP contribution in [0.3, 0.4) is 0 Å². The minimum Gasteiger partial charge on any atom is -0.486 e. The number of hydrazine groups is 1. The minimum absolute atomic E-state index is 0.00237. The molecule has 0 atom stereocenters. The predicted octanol–water partition coefficient (Wildman–Crippen LogP) is 3.22. The van der Waals surface area contributed by atoms with Crippen LogP contribution in [0.15, 0.2) is 36.5 Å². The van der Waals surface area contributed by atoms with E-state index in [-0.39, 0.29) is 52.2 Å². The maximum absolute atomic E-state index is 14.2. The molecule has 170 valence electrons. The lowest BCUT2D eigenvalue weighted by Gasteiger charge is -2.17. The minimum atomic E-state index is -5.00. The van der Waals surface area contributed by atoms with Crippen LogP contribution in [0.5, 0.6) is 17.4 Å². The number of aromatic nitrogens is 2. The maximum Gasteiger partial charge on any atom is 0.573 e. The van der Waals surface area contributed by atoms with Crippen molar-refractivity contribution in [2.45, 2.75) is 13.0 Å². The number of hydrogen-bond donors (Lipinski definition) is 4. The lowest BCUT2D eigenvalue weighted by atomic mass is 10.0. The van der Waals surface area contributed by atoms with Crippen LogP contribution >= 0.6 is 0 Å². The van der Waals surface area contributed by atoms with E-state index in [1.807, 2.05) is 0 Å². The molecule has 0 saturated heterocycles. The Bertz CT molecular complexity index is 1130. The van der Waals surface area contributed by atoms with Crippen LogP contribution in [-0.4, -0.2) is 23.4 Å². The second-order valence-electron chi connectivity index (χ2n) is 6.32. The highest BCUT2D eigenvalue weighted by Gasteiger charge is 2.32. The van der Waals surface area contributed by atoms with E-state index in [9.17, 15) is 17.6 Å². The fraction of sp³-hybridized carbons (Fsp3) is 0.158. The van der Waals surface area contributed by atoms with Crippen molar-refractivity contribution in [3.63, 3.8) is 0 Å². The van der Waals surface area contributed by atoms with Crippen LogP contribution in [0.1, 0.15) is 5.56 Å². The number of pyridine rings is 2. The Balaban J connectivity index is 1.97. The van der Waals surface area contributed by atoms with Gasteiger partial charge in [-0.3, -0.25) is 0 Å². The van der Waals surface area contributed by atoms with Gasteiger partial charge in [0, 0.05) is 23.3 Å². The van der Waals surface area contributed by atoms with Gasteiger partial charge in [-0.15, -0.1) is 13.2 Å². The van der Waals surface area contributed by atoms with Gasteiger partial charge in [0.2, 0.25) is 5.88 Å². The quantitative estimate of drug-likeness (QED) is 0.240. The molecule has 0 radical (unpaired) electrons. The number of halogens is 4. The van der Waals surface area contributed by atoms with Gasteiger partial charge in [-0.1, -0.05) is 12.1 Å². The molecule has 2 heterocycles. The van der Waals surface area contributed by atoms with Crippen molar-refractivity contribution in [1.82, 2.24) is 9.97 Å². The molecule has 0 saturated carbocycles. The summed E-state index contributed by atoms with van der Waals surface area (Å²) in [4.78, 5) is 7.56. The van der Waals surface area contributed by atoms with Crippen molar-refractivity contribution in [1.29, 1.82) is 0 Å². The van der Waals surface area contributed by atoms with Crippen molar-refractivity contribution in [3.05, 3.63) is 47.9 Å². The highest BCUT2D eigenvalue weighted by atomic mass is 19.4. The van der Waals surface area contributed by atoms with E-state index in [0.29, 0.717) is 0 Å². The number of benzene rings is 1. The molecule has 2 aromatic heterocycles. The Kier molecular flexibility index (Phi) is 6.39. The third kappa shape index (κ3) is 5.18. The van der Waals surface area contributed by atoms with Gasteiger partial charge in [-0.25, -0.2) is 20.2 Å². The van der Waals surface area contributed by atoms with E-state index in [1.165, 1.54) is 31.4 Å². The molecule has 7 N–H and O–H groups in total. The number of ether oxygens (including phenoxy) is 3. The molecule has 3 aromatic rings. The number of rotatable bonds is 7. The van der Waals surface area contributed by atoms with Crippen molar-refractivity contribution >= 4 is 17.3 Å². The SMILES string of the molecule is COc1cc(-c2ccc(COc3cc(N)nc(NN)c3N)c(OC(F)(F)F)c2)c(F)cn1. The number of nitrogens with one attached hydrogen (secondary N) is 1. The van der Waals surface area contributed by atoms with Crippen molar-refractivity contribution in [2.24, 2.45) is 5.84 Å². The highest BCUT2D eigenvalue weighted by Crippen LogP contribution is 2.35. The van der Waals surface area contributed by atoms with Gasteiger partial charge >= 0.3 is 6.36 Å². The zero-order valence-electron chi connectivity index (χ0n) is 16.5. The molecule has 0 bridgehead atoms. The van der Waals surface area contributed by atoms with Crippen molar-refractivity contribution in [2.75, 3.05) is 24.0 Å². The Hall–Kier alpha value is -4.00. The van der Waals surface area contributed by atoms with E-state index in [4.69, 9.17) is 26.8 Å². The molecule has 0 amide bonds. The molecule has 0 aliphatic heterocycles. The van der Waals surface area contributed by atoms with Crippen molar-refractivity contribution in [3.8, 4) is 28.5 Å². The van der Waals surface area contributed by atoms with Crippen LogP contribution in [0, 0.1) is 5.82 Å². The standard InChI is InChI=1S/C19H18F4N6O3/c1-30-16-5-11(12(20)7-27-16)9-2-3-10(13(4-9)32-19(21,22)23)8-31-14-6-15(24)28-18(29-26)17(14)25/h2-7H,8,25-26H2,1H3,(H3,24,28,29). The summed E-state index contributed by atoms with van der Waals surface area (Å²) < 4.78 is 67.8. The summed E-state index contributed by atoms with van der Waals surface area (Å²) in [5.41, 5.74) is 13.8. The molecular formula is C19H18F4N6O3. The van der Waals surface area contributed by atoms with Crippen LogP contribution < -0.4 is 36.9 Å². The molecule has 3 rings (SSSR count). The average molecular weight is 454 g/mol. The first-order valence-corrected chi connectivity index (χ1v) is 8.85. The highest BCUT2D eigenvalue weighted by molar-refractivity contribution is 5.72. The van der Waals surface area contributed by atoms with Crippen LogP contribution in [0.2, 0.25) is 0 Å². The number of alkyl halides is 3. The summed E-state index contributed by atoms with van der Waals surface area (Å²) in [7, 11) is 1.33. The van der Waals surface area contributed by atoms with Gasteiger partial charge in [0.1, 0.15) is 35.4 Å². The number of nitrogens with zero attached hydrogens (tertiary/aromatic N) is 2. The van der Waals surface area contributed by atoms with E-state index in [0.717, 1.165) is 12.3 Å². The predicted molar refractivity (Wildman–Crippen MR) is 108 cm³/mol. The summed E-state index contributed by atoms with van der Waals surface area (Å²) >= 11 is 0. The number of nitrogens with two attached hydrogens (primary N) is 3. The second kappa shape index (κ2) is 9.01. The molecule has 0 aliphatic rings. The molecular weight excluding hydrogens is 436 g/mol. The van der Waals surface area contributed by atoms with Gasteiger partial charge in [0.05, 0.1) is 13.3 Å². The summed E-state index contributed by atoms with van der Waals surface area (Å²) in [6.07, 6.45) is -4.10. The Morgan fingerprint density at radius 3 is 2.50 bits per heavy atom. The molecule has 0 fully saturated rings. The zero-order valence-corrected chi connectivity index (χ0v) is 16.5. The summed E-state index contributed by atoms with van der Waals surface area (Å²) in [6, 6.07) is 6.26. The van der Waals surface area contributed by atoms with Crippen LogP contribution in [0.4, 0.5) is 34.9 Å². The fourth-order valence-electron chi connectivity index (χ4n) is 2.75. The molecule has 0 unspecified atom stereocenters. The fourth-order valence-corrected chi connectivity index (χ4v) is 2.75. The van der Waals surface area contributed by atoms with Gasteiger partial charge < -0.3 is 31.1 Å². The molecule has 1 aromatic carbocycles. The average Bonchev–Trinajstić information content (AvgIpc) is 2.74. The van der Waals surface area contributed by atoms with E-state index >= 15 is 0 Å². The Morgan fingerprint density at radius 2 is 1.84 bits per heavy atom. The number of nitrogen functional groups attached to an aromatic ring is 3. The number of methoxy groups -OCH3 is 1. The summed E-state index contributed by atoms with van der Waals surface area (Å²) in [6.45, 7) is -0.383. The molecule has 13 heteroatoms. The van der Waals surface area contributed by atoms with Crippen LogP contribution in [0.25, 0.3) is 11.1 Å². The van der Waals surface area contributed by atoms with E-state index in [2.05, 4.69) is 20.1 Å². The Labute approximate surface area is 179 Å². The third-order valence-electron chi connectivity index (χ3n) is 4.20. The van der Waals surface area contributed by atoms with Crippen molar-refractivity contribution < 1.29 is 31.8 Å². The van der Waals surface area contributed by atoms with Gasteiger partial charge in [0.15, 0.2) is 5.82 Å². The first-order chi connectivity index (χ1) is 15.1. The molecule has 32 heavy (non-hydrogen) atoms. The number of hydrogen-bond acceptors (Lipinski definition) is 9. The molecule has 0 spiro atoms. The van der Waals surface area contributed by atoms with Gasteiger partial charge in [0.25, 0.3) is 0 Å². The topological polar surface area (TPSA) is 144 Å². The largest absolute Gasteiger partial charge is 0.573 e. The summed E-state index contributed by atoms with van der Waals surface area (Å²) in [5, 5.41) is 0. The maximum atomic E-state index is 14.2. The van der Waals surface area contributed by atoms with Gasteiger partial charge in [-0.05, 0) is 11.6 Å². The Morgan fingerprint density at radius 1 is 1.09 bits per heavy atom. The second-order valence-corrected chi connectivity index (χ2v) is 6.32. The molecule has 0 aliphatic carbocycles. The lowest BCUT2D eigenvalue weighted by Crippen LogP contribution is -2.18. The van der Waals surface area contributed by atoms with E-state index in [1.54, 1.807) is 0 Å². The third-order valence-corrected chi connectivity index (χ3v) is 4.20. The first kappa shape index (κ1) is 22.7. The smallest absolute Gasteiger partial charge is 0.486 e. The van der Waals surface area contributed by atoms with Crippen LogP contribution in [-0.2, 0) is 6.61 Å². The lowest BCUT2D eigenvalue weighted by molar-refractivity contribution is -0.275. The normalized spacial score (nSPS) is 11.2. The molecule has 9 nitrogen and oxygen atoms in total. The van der Waals surface area contributed by atoms with E-state index < -0.39 is 17.9 Å². The summed E-state index contributed by atoms with van der Waals surface area (Å²) in [5.74, 6) is 4.13. The first-order valence-electron chi connectivity index (χ1n) is 8.85. The number of anilines is 3. The van der Waals surface area contributed by atoms with Gasteiger partial charge in [-0.2, -0.15) is 0 Å². The zero-order chi connectivity index (χ0) is 23.5. The monoisotopic (exact) mass is 454 g/mol.